The molecule has 0 aliphatic carbocycles. The zero-order valence-electron chi connectivity index (χ0n) is 7.60. The van der Waals surface area contributed by atoms with Gasteiger partial charge in [0.2, 0.25) is 0 Å². The van der Waals surface area contributed by atoms with Crippen molar-refractivity contribution in [1.29, 1.82) is 0 Å². The minimum atomic E-state index is 0.498. The first kappa shape index (κ1) is 9.59. The van der Waals surface area contributed by atoms with Crippen LogP contribution in [0.1, 0.15) is 25.3 Å². The van der Waals surface area contributed by atoms with Crippen molar-refractivity contribution in [2.24, 2.45) is 0 Å². The van der Waals surface area contributed by atoms with Crippen molar-refractivity contribution in [3.05, 3.63) is 28.2 Å². The van der Waals surface area contributed by atoms with Gasteiger partial charge in [-0.1, -0.05) is 29.8 Å². The minimum absolute atomic E-state index is 0.498. The summed E-state index contributed by atoms with van der Waals surface area (Å²) in [4.78, 5) is 0. The molecule has 0 atom stereocenters. The molecule has 0 saturated heterocycles. The molecule has 66 valence electrons. The molecule has 0 spiro atoms. The Labute approximate surface area is 81.9 Å². The summed E-state index contributed by atoms with van der Waals surface area (Å²) in [6.07, 6.45) is 0. The van der Waals surface area contributed by atoms with Gasteiger partial charge in [0, 0.05) is 4.47 Å². The van der Waals surface area contributed by atoms with Gasteiger partial charge in [0.05, 0.1) is 7.11 Å². The van der Waals surface area contributed by atoms with Gasteiger partial charge in [-0.15, -0.1) is 0 Å². The Balaban J connectivity index is 3.12. The predicted octanol–water partition coefficient (Wildman–Crippen LogP) is 3.58. The third-order valence-electron chi connectivity index (χ3n) is 1.81. The second-order valence-electron chi connectivity index (χ2n) is 3.04. The first-order valence-corrected chi connectivity index (χ1v) is 4.78. The van der Waals surface area contributed by atoms with Crippen LogP contribution in [0.15, 0.2) is 22.7 Å². The van der Waals surface area contributed by atoms with Crippen LogP contribution in [0.2, 0.25) is 0 Å². The average molecular weight is 229 g/mol. The van der Waals surface area contributed by atoms with Gasteiger partial charge in [0.1, 0.15) is 5.75 Å². The molecule has 1 rings (SSSR count). The number of hydrogen-bond donors (Lipinski definition) is 0. The number of halogens is 1. The number of hydrogen-bond acceptors (Lipinski definition) is 1. The molecular weight excluding hydrogens is 216 g/mol. The van der Waals surface area contributed by atoms with Crippen molar-refractivity contribution < 1.29 is 4.74 Å². The molecule has 0 unspecified atom stereocenters. The minimum Gasteiger partial charge on any atom is -0.496 e. The maximum Gasteiger partial charge on any atom is 0.122 e. The van der Waals surface area contributed by atoms with Crippen LogP contribution in [-0.2, 0) is 0 Å². The van der Waals surface area contributed by atoms with E-state index in [9.17, 15) is 0 Å². The third kappa shape index (κ3) is 2.01. The monoisotopic (exact) mass is 228 g/mol. The molecule has 12 heavy (non-hydrogen) atoms. The molecule has 2 heteroatoms. The second-order valence-corrected chi connectivity index (χ2v) is 3.96. The zero-order chi connectivity index (χ0) is 9.14. The highest BCUT2D eigenvalue weighted by atomic mass is 79.9. The molecule has 0 aliphatic heterocycles. The van der Waals surface area contributed by atoms with E-state index in [1.165, 1.54) is 5.56 Å². The van der Waals surface area contributed by atoms with Gasteiger partial charge in [-0.2, -0.15) is 0 Å². The van der Waals surface area contributed by atoms with Crippen molar-refractivity contribution in [2.75, 3.05) is 7.11 Å². The van der Waals surface area contributed by atoms with Crippen molar-refractivity contribution in [2.45, 2.75) is 19.8 Å². The Kier molecular flexibility index (Phi) is 3.15. The smallest absolute Gasteiger partial charge is 0.122 e. The summed E-state index contributed by atoms with van der Waals surface area (Å²) in [6, 6.07) is 6.08. The highest BCUT2D eigenvalue weighted by molar-refractivity contribution is 9.10. The Morgan fingerprint density at radius 2 is 2.00 bits per heavy atom. The van der Waals surface area contributed by atoms with Crippen LogP contribution < -0.4 is 4.74 Å². The van der Waals surface area contributed by atoms with E-state index in [0.717, 1.165) is 10.2 Å². The van der Waals surface area contributed by atoms with Crippen LogP contribution in [0.25, 0.3) is 0 Å². The van der Waals surface area contributed by atoms with Crippen LogP contribution in [-0.4, -0.2) is 7.11 Å². The number of rotatable bonds is 2. The number of benzene rings is 1. The highest BCUT2D eigenvalue weighted by Crippen LogP contribution is 2.28. The first-order valence-electron chi connectivity index (χ1n) is 3.98. The van der Waals surface area contributed by atoms with Crippen LogP contribution in [0, 0.1) is 0 Å². The predicted molar refractivity (Wildman–Crippen MR) is 54.8 cm³/mol. The number of methoxy groups -OCH3 is 1. The molecule has 1 aromatic carbocycles. The van der Waals surface area contributed by atoms with E-state index < -0.39 is 0 Å². The molecule has 0 aliphatic rings. The largest absolute Gasteiger partial charge is 0.496 e. The van der Waals surface area contributed by atoms with Crippen LogP contribution in [0.5, 0.6) is 5.75 Å². The average Bonchev–Trinajstić information content (AvgIpc) is 2.04. The van der Waals surface area contributed by atoms with E-state index in [1.54, 1.807) is 7.11 Å². The van der Waals surface area contributed by atoms with Crippen molar-refractivity contribution in [3.8, 4) is 5.75 Å². The Bertz CT molecular complexity index is 269. The van der Waals surface area contributed by atoms with Gasteiger partial charge < -0.3 is 4.74 Å². The van der Waals surface area contributed by atoms with E-state index in [4.69, 9.17) is 4.74 Å². The Morgan fingerprint density at radius 3 is 2.50 bits per heavy atom. The standard InChI is InChI=1S/C10H13BrO/c1-7(2)9-6-8(11)4-5-10(9)12-3/h4-7H,1-3H3. The molecule has 0 aromatic heterocycles. The van der Waals surface area contributed by atoms with Crippen LogP contribution in [0.4, 0.5) is 0 Å². The topological polar surface area (TPSA) is 9.23 Å². The Morgan fingerprint density at radius 1 is 1.33 bits per heavy atom. The van der Waals surface area contributed by atoms with Gasteiger partial charge in [0.15, 0.2) is 0 Å². The van der Waals surface area contributed by atoms with E-state index in [2.05, 4.69) is 35.8 Å². The quantitative estimate of drug-likeness (QED) is 0.753. The zero-order valence-corrected chi connectivity index (χ0v) is 9.18. The summed E-state index contributed by atoms with van der Waals surface area (Å²) in [6.45, 7) is 4.31. The summed E-state index contributed by atoms with van der Waals surface area (Å²) in [5.74, 6) is 1.46. The summed E-state index contributed by atoms with van der Waals surface area (Å²) in [5.41, 5.74) is 1.24. The molecule has 0 bridgehead atoms. The fraction of sp³-hybridized carbons (Fsp3) is 0.400. The Hall–Kier alpha value is -0.500. The van der Waals surface area contributed by atoms with Crippen molar-refractivity contribution >= 4 is 15.9 Å². The summed E-state index contributed by atoms with van der Waals surface area (Å²) in [5, 5.41) is 0. The molecule has 0 saturated carbocycles. The fourth-order valence-corrected chi connectivity index (χ4v) is 1.54. The van der Waals surface area contributed by atoms with E-state index >= 15 is 0 Å². The first-order chi connectivity index (χ1) is 5.65. The van der Waals surface area contributed by atoms with Crippen molar-refractivity contribution in [3.63, 3.8) is 0 Å². The highest BCUT2D eigenvalue weighted by Gasteiger charge is 2.06. The molecule has 0 fully saturated rings. The van der Waals surface area contributed by atoms with Gasteiger partial charge >= 0.3 is 0 Å². The molecule has 0 amide bonds. The van der Waals surface area contributed by atoms with Crippen LogP contribution in [0.3, 0.4) is 0 Å². The summed E-state index contributed by atoms with van der Waals surface area (Å²) in [7, 11) is 1.70. The molecule has 1 nitrogen and oxygen atoms in total. The van der Waals surface area contributed by atoms with Crippen molar-refractivity contribution in [1.82, 2.24) is 0 Å². The number of ether oxygens (including phenoxy) is 1. The van der Waals surface area contributed by atoms with Gasteiger partial charge in [-0.3, -0.25) is 0 Å². The summed E-state index contributed by atoms with van der Waals surface area (Å²) >= 11 is 3.44. The van der Waals surface area contributed by atoms with Gasteiger partial charge in [0.25, 0.3) is 0 Å². The normalized spacial score (nSPS) is 10.4. The maximum absolute atomic E-state index is 5.24. The van der Waals surface area contributed by atoms with Gasteiger partial charge in [-0.25, -0.2) is 0 Å². The molecule has 1 aromatic rings. The molecule has 0 heterocycles. The molecular formula is C10H13BrO. The molecule has 0 radical (unpaired) electrons. The SMILES string of the molecule is COc1ccc(Br)cc1C(C)C. The second kappa shape index (κ2) is 3.94. The molecule has 0 N–H and O–H groups in total. The third-order valence-corrected chi connectivity index (χ3v) is 2.31. The lowest BCUT2D eigenvalue weighted by molar-refractivity contribution is 0.407. The lowest BCUT2D eigenvalue weighted by Crippen LogP contribution is -1.93. The van der Waals surface area contributed by atoms with E-state index in [-0.39, 0.29) is 0 Å². The lowest BCUT2D eigenvalue weighted by Gasteiger charge is -2.11. The summed E-state index contributed by atoms with van der Waals surface area (Å²) < 4.78 is 6.34. The van der Waals surface area contributed by atoms with E-state index in [0.29, 0.717) is 5.92 Å². The van der Waals surface area contributed by atoms with E-state index in [1.807, 2.05) is 12.1 Å². The maximum atomic E-state index is 5.24. The lowest BCUT2D eigenvalue weighted by atomic mass is 10.0. The van der Waals surface area contributed by atoms with Gasteiger partial charge in [-0.05, 0) is 29.7 Å². The van der Waals surface area contributed by atoms with Crippen LogP contribution >= 0.6 is 15.9 Å². The fourth-order valence-electron chi connectivity index (χ4n) is 1.16.